The summed E-state index contributed by atoms with van der Waals surface area (Å²) in [6, 6.07) is 9.21. The molecule has 1 fully saturated rings. The van der Waals surface area contributed by atoms with E-state index in [1.54, 1.807) is 6.92 Å². The average Bonchev–Trinajstić information content (AvgIpc) is 2.56. The molecule has 0 spiro atoms. The predicted molar refractivity (Wildman–Crippen MR) is 88.6 cm³/mol. The Morgan fingerprint density at radius 2 is 1.87 bits per heavy atom. The van der Waals surface area contributed by atoms with Crippen molar-refractivity contribution in [3.05, 3.63) is 35.9 Å². The van der Waals surface area contributed by atoms with Crippen molar-refractivity contribution in [2.75, 3.05) is 6.61 Å². The second-order valence-corrected chi connectivity index (χ2v) is 6.11. The van der Waals surface area contributed by atoms with Crippen LogP contribution in [0.25, 0.3) is 0 Å². The fourth-order valence-corrected chi connectivity index (χ4v) is 2.96. The number of benzene rings is 1. The number of esters is 1. The van der Waals surface area contributed by atoms with Crippen LogP contribution in [0, 0.1) is 5.92 Å². The van der Waals surface area contributed by atoms with Gasteiger partial charge in [0.1, 0.15) is 6.04 Å². The first kappa shape index (κ1) is 17.5. The Hall–Kier alpha value is -1.88. The van der Waals surface area contributed by atoms with Crippen LogP contribution in [0.4, 0.5) is 0 Å². The van der Waals surface area contributed by atoms with Gasteiger partial charge in [0.2, 0.25) is 5.91 Å². The molecule has 0 aromatic heterocycles. The monoisotopic (exact) mass is 318 g/mol. The number of carbonyl (C=O) groups excluding carboxylic acids is 2. The summed E-state index contributed by atoms with van der Waals surface area (Å²) in [4.78, 5) is 24.6. The molecule has 126 valence electrons. The van der Waals surface area contributed by atoms with Crippen LogP contribution in [0.15, 0.2) is 30.3 Å². The number of rotatable bonds is 6. The summed E-state index contributed by atoms with van der Waals surface area (Å²) in [6.07, 6.45) is 3.74. The molecule has 0 aliphatic heterocycles. The molecule has 23 heavy (non-hydrogen) atoms. The van der Waals surface area contributed by atoms with Gasteiger partial charge in [-0.15, -0.1) is 0 Å². The fraction of sp³-hybridized carbons (Fsp3) is 0.556. The third-order valence-electron chi connectivity index (χ3n) is 4.31. The molecule has 0 saturated heterocycles. The first-order valence-corrected chi connectivity index (χ1v) is 8.36. The smallest absolute Gasteiger partial charge is 0.328 e. The maximum atomic E-state index is 12.5. The highest BCUT2D eigenvalue weighted by Crippen LogP contribution is 2.23. The van der Waals surface area contributed by atoms with Gasteiger partial charge in [0.15, 0.2) is 0 Å². The van der Waals surface area contributed by atoms with Gasteiger partial charge in [-0.3, -0.25) is 4.79 Å². The predicted octanol–water partition coefficient (Wildman–Crippen LogP) is 1.79. The second kappa shape index (κ2) is 8.67. The molecule has 3 N–H and O–H groups in total. The van der Waals surface area contributed by atoms with Crippen LogP contribution in [-0.4, -0.2) is 30.6 Å². The zero-order valence-corrected chi connectivity index (χ0v) is 13.7. The van der Waals surface area contributed by atoms with E-state index in [2.05, 4.69) is 5.32 Å². The van der Waals surface area contributed by atoms with Crippen LogP contribution in [0.2, 0.25) is 0 Å². The highest BCUT2D eigenvalue weighted by atomic mass is 16.5. The molecule has 1 aliphatic rings. The lowest BCUT2D eigenvalue weighted by Crippen LogP contribution is -2.46. The number of carbonyl (C=O) groups is 2. The number of hydrogen-bond acceptors (Lipinski definition) is 4. The van der Waals surface area contributed by atoms with Crippen molar-refractivity contribution >= 4 is 11.9 Å². The molecular weight excluding hydrogens is 292 g/mol. The minimum absolute atomic E-state index is 0.0532. The Morgan fingerprint density at radius 1 is 1.22 bits per heavy atom. The van der Waals surface area contributed by atoms with Crippen LogP contribution in [0.1, 0.15) is 38.2 Å². The summed E-state index contributed by atoms with van der Waals surface area (Å²) in [5.74, 6) is -0.495. The molecule has 0 unspecified atom stereocenters. The zero-order valence-electron chi connectivity index (χ0n) is 13.7. The summed E-state index contributed by atoms with van der Waals surface area (Å²) in [7, 11) is 0. The standard InChI is InChI=1S/C18H26N2O3/c1-2-23-18(22)16(12-13-6-4-3-5-7-13)20-17(21)14-8-10-15(19)11-9-14/h3-7,14-16H,2,8-12,19H2,1H3,(H,20,21)/t14?,15?,16-/m1/s1. The topological polar surface area (TPSA) is 81.4 Å². The van der Waals surface area contributed by atoms with Crippen molar-refractivity contribution in [3.8, 4) is 0 Å². The molecule has 0 bridgehead atoms. The van der Waals surface area contributed by atoms with Gasteiger partial charge in [-0.25, -0.2) is 4.79 Å². The Labute approximate surface area is 137 Å². The van der Waals surface area contributed by atoms with Gasteiger partial charge in [0, 0.05) is 18.4 Å². The molecule has 1 aromatic rings. The summed E-state index contributed by atoms with van der Waals surface area (Å²) in [5, 5.41) is 2.88. The van der Waals surface area contributed by atoms with Crippen molar-refractivity contribution in [2.24, 2.45) is 11.7 Å². The fourth-order valence-electron chi connectivity index (χ4n) is 2.96. The molecule has 5 heteroatoms. The molecule has 1 aliphatic carbocycles. The molecule has 0 heterocycles. The van der Waals surface area contributed by atoms with E-state index in [4.69, 9.17) is 10.5 Å². The number of nitrogens with one attached hydrogen (secondary N) is 1. The first-order chi connectivity index (χ1) is 11.1. The van der Waals surface area contributed by atoms with Crippen molar-refractivity contribution in [3.63, 3.8) is 0 Å². The molecule has 1 atom stereocenters. The Morgan fingerprint density at radius 3 is 2.48 bits per heavy atom. The highest BCUT2D eigenvalue weighted by Gasteiger charge is 2.29. The molecule has 1 aromatic carbocycles. The maximum absolute atomic E-state index is 12.5. The van der Waals surface area contributed by atoms with Gasteiger partial charge < -0.3 is 15.8 Å². The second-order valence-electron chi connectivity index (χ2n) is 6.11. The van der Waals surface area contributed by atoms with E-state index in [1.165, 1.54) is 0 Å². The van der Waals surface area contributed by atoms with E-state index in [-0.39, 0.29) is 23.8 Å². The van der Waals surface area contributed by atoms with Crippen LogP contribution >= 0.6 is 0 Å². The normalized spacial score (nSPS) is 22.2. The Balaban J connectivity index is 1.99. The number of ether oxygens (including phenoxy) is 1. The molecule has 0 radical (unpaired) electrons. The van der Waals surface area contributed by atoms with Crippen molar-refractivity contribution in [1.29, 1.82) is 0 Å². The lowest BCUT2D eigenvalue weighted by atomic mass is 9.85. The van der Waals surface area contributed by atoms with Crippen molar-refractivity contribution in [1.82, 2.24) is 5.32 Å². The first-order valence-electron chi connectivity index (χ1n) is 8.36. The van der Waals surface area contributed by atoms with Gasteiger partial charge in [0.25, 0.3) is 0 Å². The van der Waals surface area contributed by atoms with Crippen molar-refractivity contribution < 1.29 is 14.3 Å². The minimum atomic E-state index is -0.638. The summed E-state index contributed by atoms with van der Waals surface area (Å²) in [5.41, 5.74) is 6.88. The summed E-state index contributed by atoms with van der Waals surface area (Å²) >= 11 is 0. The van der Waals surface area contributed by atoms with E-state index >= 15 is 0 Å². The lowest BCUT2D eigenvalue weighted by Gasteiger charge is -2.27. The molecule has 5 nitrogen and oxygen atoms in total. The van der Waals surface area contributed by atoms with Gasteiger partial charge in [-0.05, 0) is 38.2 Å². The summed E-state index contributed by atoms with van der Waals surface area (Å²) < 4.78 is 5.11. The quantitative estimate of drug-likeness (QED) is 0.784. The zero-order chi connectivity index (χ0) is 16.7. The van der Waals surface area contributed by atoms with E-state index in [9.17, 15) is 9.59 Å². The Kier molecular flexibility index (Phi) is 6.59. The van der Waals surface area contributed by atoms with E-state index in [0.717, 1.165) is 31.2 Å². The van der Waals surface area contributed by atoms with Crippen LogP contribution < -0.4 is 11.1 Å². The Bertz CT molecular complexity index is 510. The average molecular weight is 318 g/mol. The summed E-state index contributed by atoms with van der Waals surface area (Å²) in [6.45, 7) is 2.07. The van der Waals surface area contributed by atoms with Gasteiger partial charge in [-0.2, -0.15) is 0 Å². The lowest BCUT2D eigenvalue weighted by molar-refractivity contribution is -0.148. The van der Waals surface area contributed by atoms with E-state index in [1.807, 2.05) is 30.3 Å². The minimum Gasteiger partial charge on any atom is -0.464 e. The van der Waals surface area contributed by atoms with Gasteiger partial charge >= 0.3 is 5.97 Å². The SMILES string of the molecule is CCOC(=O)[C@@H](Cc1ccccc1)NC(=O)C1CCC(N)CC1. The number of hydrogen-bond donors (Lipinski definition) is 2. The third kappa shape index (κ3) is 5.36. The molecule has 2 rings (SSSR count). The van der Waals surface area contributed by atoms with Crippen LogP contribution in [0.3, 0.4) is 0 Å². The highest BCUT2D eigenvalue weighted by molar-refractivity contribution is 5.86. The van der Waals surface area contributed by atoms with Gasteiger partial charge in [0.05, 0.1) is 6.61 Å². The van der Waals surface area contributed by atoms with Crippen LogP contribution in [-0.2, 0) is 20.7 Å². The van der Waals surface area contributed by atoms with E-state index < -0.39 is 6.04 Å². The largest absolute Gasteiger partial charge is 0.464 e. The third-order valence-corrected chi connectivity index (χ3v) is 4.31. The molecular formula is C18H26N2O3. The van der Waals surface area contributed by atoms with E-state index in [0.29, 0.717) is 13.0 Å². The molecule has 1 saturated carbocycles. The maximum Gasteiger partial charge on any atom is 0.328 e. The molecule has 1 amide bonds. The van der Waals surface area contributed by atoms with Crippen LogP contribution in [0.5, 0.6) is 0 Å². The van der Waals surface area contributed by atoms with Gasteiger partial charge in [-0.1, -0.05) is 30.3 Å². The van der Waals surface area contributed by atoms with Crippen molar-refractivity contribution in [2.45, 2.75) is 51.1 Å². The number of nitrogens with two attached hydrogens (primary N) is 1. The number of amides is 1.